The summed E-state index contributed by atoms with van der Waals surface area (Å²) in [5.74, 6) is 1.51. The van der Waals surface area contributed by atoms with Crippen LogP contribution in [0.3, 0.4) is 0 Å². The molecule has 1 aliphatic heterocycles. The van der Waals surface area contributed by atoms with Crippen molar-refractivity contribution in [3.05, 3.63) is 30.5 Å². The van der Waals surface area contributed by atoms with Crippen molar-refractivity contribution >= 4 is 17.7 Å². The molecule has 0 atom stereocenters. The van der Waals surface area contributed by atoms with Gasteiger partial charge >= 0.3 is 0 Å². The second-order valence-electron chi connectivity index (χ2n) is 5.78. The lowest BCUT2D eigenvalue weighted by Gasteiger charge is -2.15. The monoisotopic (exact) mass is 345 g/mol. The van der Waals surface area contributed by atoms with Gasteiger partial charge in [-0.3, -0.25) is 4.79 Å². The number of amides is 1. The van der Waals surface area contributed by atoms with Crippen molar-refractivity contribution in [2.75, 3.05) is 26.0 Å². The van der Waals surface area contributed by atoms with Crippen LogP contribution in [0, 0.1) is 0 Å². The van der Waals surface area contributed by atoms with Crippen molar-refractivity contribution in [3.8, 4) is 17.0 Å². The molecule has 3 rings (SSSR count). The van der Waals surface area contributed by atoms with Gasteiger partial charge in [-0.15, -0.1) is 0 Å². The highest BCUT2D eigenvalue weighted by Gasteiger charge is 2.19. The number of benzene rings is 1. The summed E-state index contributed by atoms with van der Waals surface area (Å²) in [5.41, 5.74) is 2.17. The zero-order valence-electron chi connectivity index (χ0n) is 14.2. The molecule has 0 saturated carbocycles. The van der Waals surface area contributed by atoms with Gasteiger partial charge in [0, 0.05) is 25.2 Å². The van der Waals surface area contributed by atoms with Crippen LogP contribution < -0.4 is 4.74 Å². The Morgan fingerprint density at radius 1 is 1.25 bits per heavy atom. The largest absolute Gasteiger partial charge is 0.497 e. The number of aromatic nitrogens is 2. The number of imidazole rings is 1. The van der Waals surface area contributed by atoms with Crippen molar-refractivity contribution in [3.63, 3.8) is 0 Å². The molecule has 1 aromatic carbocycles. The van der Waals surface area contributed by atoms with Crippen LogP contribution in [0.1, 0.15) is 19.8 Å². The molecule has 0 aliphatic carbocycles. The summed E-state index contributed by atoms with van der Waals surface area (Å²) < 4.78 is 7.37. The van der Waals surface area contributed by atoms with E-state index in [2.05, 4.69) is 16.5 Å². The minimum atomic E-state index is 0.217. The van der Waals surface area contributed by atoms with E-state index in [9.17, 15) is 4.79 Å². The van der Waals surface area contributed by atoms with Gasteiger partial charge in [0.15, 0.2) is 5.16 Å². The maximum Gasteiger partial charge on any atom is 0.233 e. The molecular formula is C18H23N3O2S. The maximum absolute atomic E-state index is 12.2. The van der Waals surface area contributed by atoms with Gasteiger partial charge in [-0.1, -0.05) is 11.8 Å². The third-order valence-corrected chi connectivity index (χ3v) is 5.28. The molecule has 2 heterocycles. The van der Waals surface area contributed by atoms with Gasteiger partial charge in [-0.05, 0) is 44.0 Å². The molecule has 24 heavy (non-hydrogen) atoms. The van der Waals surface area contributed by atoms with Gasteiger partial charge in [0.2, 0.25) is 5.91 Å². The highest BCUT2D eigenvalue weighted by atomic mass is 32.2. The Morgan fingerprint density at radius 2 is 1.96 bits per heavy atom. The van der Waals surface area contributed by atoms with Gasteiger partial charge in [-0.25, -0.2) is 4.98 Å². The van der Waals surface area contributed by atoms with Gasteiger partial charge in [0.1, 0.15) is 5.75 Å². The summed E-state index contributed by atoms with van der Waals surface area (Å²) >= 11 is 1.53. The first-order chi connectivity index (χ1) is 11.7. The van der Waals surface area contributed by atoms with E-state index in [-0.39, 0.29) is 5.91 Å². The summed E-state index contributed by atoms with van der Waals surface area (Å²) in [6.45, 7) is 4.72. The number of carbonyl (C=O) groups excluding carboxylic acids is 1. The van der Waals surface area contributed by atoms with E-state index in [4.69, 9.17) is 4.74 Å². The van der Waals surface area contributed by atoms with Crippen LogP contribution in [-0.4, -0.2) is 46.3 Å². The van der Waals surface area contributed by atoms with Crippen molar-refractivity contribution in [1.82, 2.24) is 14.5 Å². The van der Waals surface area contributed by atoms with E-state index < -0.39 is 0 Å². The van der Waals surface area contributed by atoms with Gasteiger partial charge in [-0.2, -0.15) is 0 Å². The second kappa shape index (κ2) is 7.75. The summed E-state index contributed by atoms with van der Waals surface area (Å²) in [4.78, 5) is 18.7. The Kier molecular flexibility index (Phi) is 5.45. The number of nitrogens with zero attached hydrogens (tertiary/aromatic N) is 3. The van der Waals surface area contributed by atoms with E-state index in [1.807, 2.05) is 35.4 Å². The molecule has 0 radical (unpaired) electrons. The molecule has 1 amide bonds. The predicted molar refractivity (Wildman–Crippen MR) is 96.4 cm³/mol. The maximum atomic E-state index is 12.2. The molecule has 1 fully saturated rings. The molecule has 128 valence electrons. The lowest BCUT2D eigenvalue weighted by Crippen LogP contribution is -2.29. The van der Waals surface area contributed by atoms with E-state index >= 15 is 0 Å². The van der Waals surface area contributed by atoms with E-state index in [0.717, 1.165) is 54.6 Å². The third kappa shape index (κ3) is 3.59. The third-order valence-electron chi connectivity index (χ3n) is 4.30. The van der Waals surface area contributed by atoms with E-state index in [0.29, 0.717) is 5.75 Å². The number of hydrogen-bond donors (Lipinski definition) is 0. The smallest absolute Gasteiger partial charge is 0.233 e. The molecule has 1 aliphatic rings. The van der Waals surface area contributed by atoms with Crippen LogP contribution in [0.15, 0.2) is 35.6 Å². The number of carbonyl (C=O) groups is 1. The number of thioether (sulfide) groups is 1. The fraction of sp³-hybridized carbons (Fsp3) is 0.444. The first-order valence-corrected chi connectivity index (χ1v) is 9.32. The summed E-state index contributed by atoms with van der Waals surface area (Å²) in [6.07, 6.45) is 4.14. The average Bonchev–Trinajstić information content (AvgIpc) is 3.29. The number of hydrogen-bond acceptors (Lipinski definition) is 4. The molecule has 0 spiro atoms. The lowest BCUT2D eigenvalue weighted by atomic mass is 10.1. The second-order valence-corrected chi connectivity index (χ2v) is 6.72. The van der Waals surface area contributed by atoms with Gasteiger partial charge < -0.3 is 14.2 Å². The summed E-state index contributed by atoms with van der Waals surface area (Å²) in [7, 11) is 1.66. The van der Waals surface area contributed by atoms with E-state index in [1.165, 1.54) is 11.8 Å². The fourth-order valence-electron chi connectivity index (χ4n) is 2.96. The molecule has 1 aromatic heterocycles. The molecule has 0 bridgehead atoms. The Hall–Kier alpha value is -1.95. The number of methoxy groups -OCH3 is 1. The van der Waals surface area contributed by atoms with Crippen LogP contribution in [0.25, 0.3) is 11.3 Å². The first-order valence-electron chi connectivity index (χ1n) is 8.33. The summed E-state index contributed by atoms with van der Waals surface area (Å²) in [6, 6.07) is 7.97. The average molecular weight is 345 g/mol. The number of ether oxygens (including phenoxy) is 1. The molecular weight excluding hydrogens is 322 g/mol. The van der Waals surface area contributed by atoms with Crippen LogP contribution in [0.4, 0.5) is 0 Å². The minimum Gasteiger partial charge on any atom is -0.497 e. The van der Waals surface area contributed by atoms with Crippen molar-refractivity contribution in [2.45, 2.75) is 31.5 Å². The normalized spacial score (nSPS) is 14.2. The lowest BCUT2D eigenvalue weighted by molar-refractivity contribution is -0.127. The Balaban J connectivity index is 1.72. The Labute approximate surface area is 147 Å². The number of likely N-dealkylation sites (tertiary alicyclic amines) is 1. The zero-order valence-corrected chi connectivity index (χ0v) is 15.0. The van der Waals surface area contributed by atoms with Gasteiger partial charge in [0.05, 0.1) is 24.8 Å². The highest BCUT2D eigenvalue weighted by Crippen LogP contribution is 2.27. The SMILES string of the molecule is CCn1c(-c2ccc(OC)cc2)cnc1SCC(=O)N1CCCC1. The molecule has 6 heteroatoms. The fourth-order valence-corrected chi connectivity index (χ4v) is 3.90. The predicted octanol–water partition coefficient (Wildman–Crippen LogP) is 3.29. The van der Waals surface area contributed by atoms with Crippen molar-refractivity contribution < 1.29 is 9.53 Å². The molecule has 2 aromatic rings. The van der Waals surface area contributed by atoms with E-state index in [1.54, 1.807) is 7.11 Å². The molecule has 0 N–H and O–H groups in total. The number of rotatable bonds is 6. The van der Waals surface area contributed by atoms with Crippen LogP contribution in [0.2, 0.25) is 0 Å². The Morgan fingerprint density at radius 3 is 2.58 bits per heavy atom. The standard InChI is InChI=1S/C18H23N3O2S/c1-3-21-16(14-6-8-15(23-2)9-7-14)12-19-18(21)24-13-17(22)20-10-4-5-11-20/h6-9,12H,3-5,10-11,13H2,1-2H3. The minimum absolute atomic E-state index is 0.217. The van der Waals surface area contributed by atoms with Gasteiger partial charge in [0.25, 0.3) is 0 Å². The molecule has 1 saturated heterocycles. The van der Waals surface area contributed by atoms with Crippen LogP contribution in [0.5, 0.6) is 5.75 Å². The molecule has 0 unspecified atom stereocenters. The molecule has 5 nitrogen and oxygen atoms in total. The Bertz CT molecular complexity index is 691. The van der Waals surface area contributed by atoms with Crippen molar-refractivity contribution in [2.24, 2.45) is 0 Å². The topological polar surface area (TPSA) is 47.4 Å². The zero-order chi connectivity index (χ0) is 16.9. The first kappa shape index (κ1) is 16.9. The van der Waals surface area contributed by atoms with Crippen LogP contribution >= 0.6 is 11.8 Å². The van der Waals surface area contributed by atoms with Crippen molar-refractivity contribution in [1.29, 1.82) is 0 Å². The highest BCUT2D eigenvalue weighted by molar-refractivity contribution is 7.99. The van der Waals surface area contributed by atoms with Crippen LogP contribution in [-0.2, 0) is 11.3 Å². The quantitative estimate of drug-likeness (QED) is 0.754. The summed E-state index contributed by atoms with van der Waals surface area (Å²) in [5, 5.41) is 0.899.